The average Bonchev–Trinajstić information content (AvgIpc) is 3.11. The molecule has 9 heteroatoms. The maximum atomic E-state index is 13.2. The Labute approximate surface area is 168 Å². The zero-order valence-electron chi connectivity index (χ0n) is 15.1. The van der Waals surface area contributed by atoms with Gasteiger partial charge in [-0.3, -0.25) is 9.59 Å². The van der Waals surface area contributed by atoms with Gasteiger partial charge in [0.2, 0.25) is 5.91 Å². The van der Waals surface area contributed by atoms with Crippen LogP contribution in [0.25, 0.3) is 21.3 Å². The number of hydrogen-bond donors (Lipinski definition) is 1. The van der Waals surface area contributed by atoms with Gasteiger partial charge in [-0.25, -0.2) is 9.37 Å². The van der Waals surface area contributed by atoms with Gasteiger partial charge < -0.3 is 14.6 Å². The second-order valence-corrected chi connectivity index (χ2v) is 8.34. The van der Waals surface area contributed by atoms with Crippen LogP contribution < -0.4 is 5.56 Å². The third-order valence-corrected chi connectivity index (χ3v) is 6.23. The van der Waals surface area contributed by atoms with Crippen molar-refractivity contribution in [3.63, 3.8) is 0 Å². The van der Waals surface area contributed by atoms with Crippen LogP contribution in [0.5, 0.6) is 0 Å². The quantitative estimate of drug-likeness (QED) is 0.519. The summed E-state index contributed by atoms with van der Waals surface area (Å²) in [6.45, 7) is 3.64. The molecule has 0 spiro atoms. The molecule has 0 unspecified atom stereocenters. The van der Waals surface area contributed by atoms with Gasteiger partial charge in [0.05, 0.1) is 23.8 Å². The third kappa shape index (κ3) is 3.96. The van der Waals surface area contributed by atoms with Gasteiger partial charge in [-0.05, 0) is 24.6 Å². The minimum absolute atomic E-state index is 0.000997. The second kappa shape index (κ2) is 8.02. The first-order valence-electron chi connectivity index (χ1n) is 8.81. The Balaban J connectivity index is 1.53. The molecule has 0 saturated carbocycles. The van der Waals surface area contributed by atoms with Crippen molar-refractivity contribution in [2.24, 2.45) is 0 Å². The van der Waals surface area contributed by atoms with Gasteiger partial charge in [-0.15, -0.1) is 11.3 Å². The molecule has 3 heterocycles. The highest BCUT2D eigenvalue weighted by atomic mass is 32.2. The van der Waals surface area contributed by atoms with Crippen LogP contribution >= 0.6 is 23.1 Å². The van der Waals surface area contributed by atoms with E-state index in [9.17, 15) is 14.0 Å². The molecule has 1 N–H and O–H groups in total. The number of thiophene rings is 1. The first-order valence-corrected chi connectivity index (χ1v) is 10.7. The van der Waals surface area contributed by atoms with Gasteiger partial charge in [0, 0.05) is 24.0 Å². The summed E-state index contributed by atoms with van der Waals surface area (Å²) in [6.07, 6.45) is 0.0352. The van der Waals surface area contributed by atoms with Crippen molar-refractivity contribution in [1.82, 2.24) is 14.9 Å². The van der Waals surface area contributed by atoms with Crippen LogP contribution in [-0.4, -0.2) is 52.3 Å². The Morgan fingerprint density at radius 1 is 1.43 bits per heavy atom. The summed E-state index contributed by atoms with van der Waals surface area (Å²) in [7, 11) is 0. The topological polar surface area (TPSA) is 75.3 Å². The first kappa shape index (κ1) is 19.1. The highest BCUT2D eigenvalue weighted by Gasteiger charge is 2.22. The number of nitrogens with one attached hydrogen (secondary N) is 1. The van der Waals surface area contributed by atoms with Gasteiger partial charge in [0.25, 0.3) is 5.56 Å². The number of benzene rings is 1. The van der Waals surface area contributed by atoms with E-state index in [4.69, 9.17) is 4.74 Å². The number of halogens is 1. The number of nitrogens with zero attached hydrogens (tertiary/aromatic N) is 2. The number of amides is 1. The van der Waals surface area contributed by atoms with Crippen molar-refractivity contribution < 1.29 is 13.9 Å². The number of fused-ring (bicyclic) bond motifs is 1. The van der Waals surface area contributed by atoms with E-state index < -0.39 is 0 Å². The fraction of sp³-hybridized carbons (Fsp3) is 0.316. The van der Waals surface area contributed by atoms with Crippen LogP contribution in [0.4, 0.5) is 4.39 Å². The summed E-state index contributed by atoms with van der Waals surface area (Å²) in [5, 5.41) is 2.74. The number of aromatic amines is 1. The predicted molar refractivity (Wildman–Crippen MR) is 108 cm³/mol. The van der Waals surface area contributed by atoms with Crippen molar-refractivity contribution in [1.29, 1.82) is 0 Å². The molecule has 1 aliphatic heterocycles. The van der Waals surface area contributed by atoms with Crippen LogP contribution in [-0.2, 0) is 9.53 Å². The molecule has 1 fully saturated rings. The smallest absolute Gasteiger partial charge is 0.260 e. The SMILES string of the molecule is C[C@@H]1CN(C(=O)CSc2nc3scc(-c4ccc(F)cc4)c3c(=O)[nH]2)CCO1. The molecule has 146 valence electrons. The Morgan fingerprint density at radius 3 is 2.96 bits per heavy atom. The van der Waals surface area contributed by atoms with Crippen LogP contribution in [0, 0.1) is 5.82 Å². The minimum Gasteiger partial charge on any atom is -0.375 e. The van der Waals surface area contributed by atoms with E-state index >= 15 is 0 Å². The van der Waals surface area contributed by atoms with Gasteiger partial charge in [0.1, 0.15) is 10.6 Å². The molecule has 0 aliphatic carbocycles. The number of thioether (sulfide) groups is 1. The number of hydrogen-bond acceptors (Lipinski definition) is 6. The van der Waals surface area contributed by atoms with Crippen molar-refractivity contribution in [2.75, 3.05) is 25.4 Å². The van der Waals surface area contributed by atoms with E-state index in [1.807, 2.05) is 12.3 Å². The zero-order valence-corrected chi connectivity index (χ0v) is 16.7. The molecule has 1 aromatic carbocycles. The third-order valence-electron chi connectivity index (χ3n) is 4.50. The molecule has 1 aliphatic rings. The molecule has 6 nitrogen and oxygen atoms in total. The minimum atomic E-state index is -0.326. The molecular weight excluding hydrogens is 401 g/mol. The Kier molecular flexibility index (Phi) is 5.47. The highest BCUT2D eigenvalue weighted by molar-refractivity contribution is 7.99. The van der Waals surface area contributed by atoms with E-state index in [1.54, 1.807) is 17.0 Å². The van der Waals surface area contributed by atoms with E-state index in [0.29, 0.717) is 35.1 Å². The number of morpholine rings is 1. The molecule has 3 aromatic rings. The molecule has 0 radical (unpaired) electrons. The number of ether oxygens (including phenoxy) is 1. The standard InChI is InChI=1S/C19H18FN3O3S2/c1-11-8-23(6-7-26-11)15(24)10-28-19-21-17(25)16-14(9-27-18(16)22-19)12-2-4-13(20)5-3-12/h2-5,9,11H,6-8,10H2,1H3,(H,21,22,25)/t11-/m1/s1. The van der Waals surface area contributed by atoms with E-state index in [1.165, 1.54) is 35.2 Å². The van der Waals surface area contributed by atoms with Gasteiger partial charge in [-0.1, -0.05) is 23.9 Å². The predicted octanol–water partition coefficient (Wildman–Crippen LogP) is 3.13. The molecule has 1 amide bonds. The maximum Gasteiger partial charge on any atom is 0.260 e. The highest BCUT2D eigenvalue weighted by Crippen LogP contribution is 2.31. The number of aromatic nitrogens is 2. The first-order chi connectivity index (χ1) is 13.5. The van der Waals surface area contributed by atoms with Crippen LogP contribution in [0.15, 0.2) is 39.6 Å². The number of carbonyl (C=O) groups is 1. The number of carbonyl (C=O) groups excluding carboxylic acids is 1. The van der Waals surface area contributed by atoms with E-state index in [0.717, 1.165) is 11.1 Å². The van der Waals surface area contributed by atoms with Crippen molar-refractivity contribution in [3.05, 3.63) is 45.8 Å². The summed E-state index contributed by atoms with van der Waals surface area (Å²) < 4.78 is 18.6. The largest absolute Gasteiger partial charge is 0.375 e. The summed E-state index contributed by atoms with van der Waals surface area (Å²) in [5.74, 6) is -0.119. The molecule has 28 heavy (non-hydrogen) atoms. The van der Waals surface area contributed by atoms with E-state index in [2.05, 4.69) is 9.97 Å². The fourth-order valence-electron chi connectivity index (χ4n) is 3.11. The molecule has 2 aromatic heterocycles. The fourth-order valence-corrected chi connectivity index (χ4v) is 4.87. The van der Waals surface area contributed by atoms with Crippen LogP contribution in [0.1, 0.15) is 6.92 Å². The van der Waals surface area contributed by atoms with E-state index in [-0.39, 0.29) is 29.1 Å². The molecule has 0 bridgehead atoms. The molecule has 1 atom stereocenters. The number of H-pyrrole nitrogens is 1. The monoisotopic (exact) mass is 419 g/mol. The zero-order chi connectivity index (χ0) is 19.7. The van der Waals surface area contributed by atoms with Gasteiger partial charge in [-0.2, -0.15) is 0 Å². The lowest BCUT2D eigenvalue weighted by Crippen LogP contribution is -2.45. The maximum absolute atomic E-state index is 13.2. The summed E-state index contributed by atoms with van der Waals surface area (Å²) in [6, 6.07) is 6.01. The van der Waals surface area contributed by atoms with Gasteiger partial charge >= 0.3 is 0 Å². The summed E-state index contributed by atoms with van der Waals surface area (Å²) in [4.78, 5) is 34.6. The second-order valence-electron chi connectivity index (χ2n) is 6.52. The molecular formula is C19H18FN3O3S2. The van der Waals surface area contributed by atoms with Crippen molar-refractivity contribution in [2.45, 2.75) is 18.2 Å². The van der Waals surface area contributed by atoms with Gasteiger partial charge in [0.15, 0.2) is 5.16 Å². The van der Waals surface area contributed by atoms with Crippen LogP contribution in [0.2, 0.25) is 0 Å². The summed E-state index contributed by atoms with van der Waals surface area (Å²) in [5.41, 5.74) is 1.22. The Morgan fingerprint density at radius 2 is 2.21 bits per heavy atom. The average molecular weight is 420 g/mol. The van der Waals surface area contributed by atoms with Crippen molar-refractivity contribution in [3.8, 4) is 11.1 Å². The molecule has 4 rings (SSSR count). The lowest BCUT2D eigenvalue weighted by molar-refractivity contribution is -0.135. The number of rotatable bonds is 4. The lowest BCUT2D eigenvalue weighted by Gasteiger charge is -2.31. The normalized spacial score (nSPS) is 17.2. The Hall–Kier alpha value is -2.23. The van der Waals surface area contributed by atoms with Crippen molar-refractivity contribution >= 4 is 39.2 Å². The lowest BCUT2D eigenvalue weighted by atomic mass is 10.1. The molecule has 1 saturated heterocycles. The Bertz CT molecular complexity index is 1060. The van der Waals surface area contributed by atoms with Crippen LogP contribution in [0.3, 0.4) is 0 Å². The summed E-state index contributed by atoms with van der Waals surface area (Å²) >= 11 is 2.57.